The van der Waals surface area contributed by atoms with Gasteiger partial charge in [0, 0.05) is 13.1 Å². The third-order valence-corrected chi connectivity index (χ3v) is 4.22. The van der Waals surface area contributed by atoms with Gasteiger partial charge in [-0.2, -0.15) is 0 Å². The molecule has 0 spiro atoms. The van der Waals surface area contributed by atoms with Crippen LogP contribution in [0.15, 0.2) is 12.1 Å². The molecule has 1 heterocycles. The number of likely N-dealkylation sites (tertiary alicyclic amines) is 1. The molecule has 0 aromatic heterocycles. The van der Waals surface area contributed by atoms with E-state index in [2.05, 4.69) is 5.32 Å². The topological polar surface area (TPSA) is 97.3 Å². The van der Waals surface area contributed by atoms with Crippen LogP contribution in [0.25, 0.3) is 0 Å². The van der Waals surface area contributed by atoms with Crippen LogP contribution in [0.5, 0.6) is 17.2 Å². The van der Waals surface area contributed by atoms with Crippen LogP contribution >= 0.6 is 0 Å². The van der Waals surface area contributed by atoms with E-state index in [1.54, 1.807) is 19.1 Å². The Hall–Kier alpha value is -2.64. The highest BCUT2D eigenvalue weighted by atomic mass is 16.5. The number of nitrogens with zero attached hydrogens (tertiary/aromatic N) is 1. The first-order valence-electron chi connectivity index (χ1n) is 7.44. The lowest BCUT2D eigenvalue weighted by Gasteiger charge is -2.22. The molecule has 8 heteroatoms. The third-order valence-electron chi connectivity index (χ3n) is 4.22. The molecule has 0 bridgehead atoms. The SMILES string of the molecule is COc1ccc(NC(=O)N2CCC(C)(C(=O)O)C2)c(OC)c1OC. The first kappa shape index (κ1) is 17.7. The van der Waals surface area contributed by atoms with Crippen LogP contribution in [0, 0.1) is 5.41 Å². The number of anilines is 1. The highest BCUT2D eigenvalue weighted by Gasteiger charge is 2.42. The van der Waals surface area contributed by atoms with Crippen LogP contribution in [-0.2, 0) is 4.79 Å². The quantitative estimate of drug-likeness (QED) is 0.853. The fourth-order valence-electron chi connectivity index (χ4n) is 2.70. The van der Waals surface area contributed by atoms with Gasteiger partial charge >= 0.3 is 12.0 Å². The van der Waals surface area contributed by atoms with Crippen molar-refractivity contribution in [3.8, 4) is 17.2 Å². The molecule has 0 aliphatic carbocycles. The highest BCUT2D eigenvalue weighted by molar-refractivity contribution is 5.93. The number of hydrogen-bond donors (Lipinski definition) is 2. The van der Waals surface area contributed by atoms with Gasteiger partial charge in [0.25, 0.3) is 0 Å². The van der Waals surface area contributed by atoms with Crippen LogP contribution in [0.3, 0.4) is 0 Å². The van der Waals surface area contributed by atoms with Gasteiger partial charge in [-0.3, -0.25) is 4.79 Å². The second-order valence-electron chi connectivity index (χ2n) is 5.85. The molecule has 2 amide bonds. The summed E-state index contributed by atoms with van der Waals surface area (Å²) in [6.07, 6.45) is 0.415. The van der Waals surface area contributed by atoms with Crippen LogP contribution in [-0.4, -0.2) is 56.4 Å². The third kappa shape index (κ3) is 3.17. The summed E-state index contributed by atoms with van der Waals surface area (Å²) in [5.41, 5.74) is -0.497. The lowest BCUT2D eigenvalue weighted by atomic mass is 9.90. The van der Waals surface area contributed by atoms with E-state index in [1.165, 1.54) is 26.2 Å². The number of hydrogen-bond acceptors (Lipinski definition) is 5. The minimum absolute atomic E-state index is 0.157. The van der Waals surface area contributed by atoms with Crippen molar-refractivity contribution in [3.05, 3.63) is 12.1 Å². The minimum atomic E-state index is -0.918. The molecule has 1 unspecified atom stereocenters. The van der Waals surface area contributed by atoms with Crippen molar-refractivity contribution in [2.75, 3.05) is 39.7 Å². The highest BCUT2D eigenvalue weighted by Crippen LogP contribution is 2.42. The minimum Gasteiger partial charge on any atom is -0.493 e. The van der Waals surface area contributed by atoms with Gasteiger partial charge < -0.3 is 29.5 Å². The van der Waals surface area contributed by atoms with Gasteiger partial charge in [-0.05, 0) is 25.5 Å². The average Bonchev–Trinajstić information content (AvgIpc) is 2.98. The Labute approximate surface area is 140 Å². The first-order valence-corrected chi connectivity index (χ1v) is 7.44. The van der Waals surface area contributed by atoms with Crippen molar-refractivity contribution in [1.82, 2.24) is 4.90 Å². The van der Waals surface area contributed by atoms with Gasteiger partial charge in [0.2, 0.25) is 5.75 Å². The molecule has 1 saturated heterocycles. The molecule has 24 heavy (non-hydrogen) atoms. The molecule has 1 aliphatic rings. The lowest BCUT2D eigenvalue weighted by molar-refractivity contribution is -0.146. The summed E-state index contributed by atoms with van der Waals surface area (Å²) in [4.78, 5) is 25.2. The summed E-state index contributed by atoms with van der Waals surface area (Å²) in [5.74, 6) is 0.286. The van der Waals surface area contributed by atoms with Crippen molar-refractivity contribution in [1.29, 1.82) is 0 Å². The number of carbonyl (C=O) groups is 2. The largest absolute Gasteiger partial charge is 0.493 e. The molecule has 1 atom stereocenters. The van der Waals surface area contributed by atoms with Crippen molar-refractivity contribution >= 4 is 17.7 Å². The summed E-state index contributed by atoms with van der Waals surface area (Å²) in [6.45, 7) is 2.17. The Bertz CT molecular complexity index is 648. The summed E-state index contributed by atoms with van der Waals surface area (Å²) < 4.78 is 15.8. The normalized spacial score (nSPS) is 19.8. The molecular formula is C16H22N2O6. The zero-order valence-corrected chi connectivity index (χ0v) is 14.2. The Morgan fingerprint density at radius 2 is 1.83 bits per heavy atom. The average molecular weight is 338 g/mol. The summed E-state index contributed by atoms with van der Waals surface area (Å²) >= 11 is 0. The smallest absolute Gasteiger partial charge is 0.321 e. The molecule has 2 rings (SSSR count). The van der Waals surface area contributed by atoms with Crippen LogP contribution in [0.4, 0.5) is 10.5 Å². The molecule has 132 valence electrons. The fraction of sp³-hybridized carbons (Fsp3) is 0.500. The Morgan fingerprint density at radius 3 is 2.33 bits per heavy atom. The number of ether oxygens (including phenoxy) is 3. The van der Waals surface area contributed by atoms with Crippen molar-refractivity contribution in [3.63, 3.8) is 0 Å². The molecule has 1 fully saturated rings. The van der Waals surface area contributed by atoms with Crippen LogP contribution in [0.1, 0.15) is 13.3 Å². The maximum Gasteiger partial charge on any atom is 0.321 e. The van der Waals surface area contributed by atoms with E-state index >= 15 is 0 Å². The Kier molecular flexibility index (Phi) is 5.06. The molecule has 0 radical (unpaired) electrons. The van der Waals surface area contributed by atoms with E-state index in [0.29, 0.717) is 35.9 Å². The second-order valence-corrected chi connectivity index (χ2v) is 5.85. The monoisotopic (exact) mass is 338 g/mol. The predicted molar refractivity (Wildman–Crippen MR) is 87.0 cm³/mol. The number of benzene rings is 1. The number of rotatable bonds is 5. The van der Waals surface area contributed by atoms with E-state index in [9.17, 15) is 14.7 Å². The molecule has 0 saturated carbocycles. The van der Waals surface area contributed by atoms with Crippen molar-refractivity contribution in [2.45, 2.75) is 13.3 Å². The van der Waals surface area contributed by atoms with Crippen molar-refractivity contribution in [2.24, 2.45) is 5.41 Å². The van der Waals surface area contributed by atoms with E-state index in [1.807, 2.05) is 0 Å². The summed E-state index contributed by atoms with van der Waals surface area (Å²) in [5, 5.41) is 12.0. The number of methoxy groups -OCH3 is 3. The second kappa shape index (κ2) is 6.86. The summed E-state index contributed by atoms with van der Waals surface area (Å²) in [6, 6.07) is 2.91. The van der Waals surface area contributed by atoms with Gasteiger partial charge in [-0.1, -0.05) is 0 Å². The van der Waals surface area contributed by atoms with E-state index in [0.717, 1.165) is 0 Å². The molecule has 1 aromatic carbocycles. The number of nitrogens with one attached hydrogen (secondary N) is 1. The number of aliphatic carboxylic acids is 1. The van der Waals surface area contributed by atoms with E-state index in [4.69, 9.17) is 14.2 Å². The van der Waals surface area contributed by atoms with Gasteiger partial charge in [-0.15, -0.1) is 0 Å². The molecule has 1 aliphatic heterocycles. The van der Waals surface area contributed by atoms with Gasteiger partial charge in [0.15, 0.2) is 11.5 Å². The number of carboxylic acid groups (broad SMARTS) is 1. The molecular weight excluding hydrogens is 316 g/mol. The maximum absolute atomic E-state index is 12.4. The van der Waals surface area contributed by atoms with E-state index < -0.39 is 11.4 Å². The number of carboxylic acids is 1. The molecule has 1 aromatic rings. The zero-order chi connectivity index (χ0) is 17.9. The first-order chi connectivity index (χ1) is 11.4. The standard InChI is InChI=1S/C16H22N2O6/c1-16(14(19)20)7-8-18(9-16)15(21)17-10-5-6-11(22-2)13(24-4)12(10)23-3/h5-6H,7-9H2,1-4H3,(H,17,21)(H,19,20). The molecule has 2 N–H and O–H groups in total. The van der Waals surface area contributed by atoms with Gasteiger partial charge in [0.1, 0.15) is 0 Å². The van der Waals surface area contributed by atoms with Gasteiger partial charge in [0.05, 0.1) is 32.4 Å². The predicted octanol–water partition coefficient (Wildman–Crippen LogP) is 2.04. The summed E-state index contributed by atoms with van der Waals surface area (Å²) in [7, 11) is 4.45. The van der Waals surface area contributed by atoms with Crippen LogP contribution < -0.4 is 19.5 Å². The zero-order valence-electron chi connectivity index (χ0n) is 14.2. The van der Waals surface area contributed by atoms with E-state index in [-0.39, 0.29) is 12.6 Å². The van der Waals surface area contributed by atoms with Gasteiger partial charge in [-0.25, -0.2) is 4.79 Å². The number of carbonyl (C=O) groups excluding carboxylic acids is 1. The maximum atomic E-state index is 12.4. The Balaban J connectivity index is 2.20. The number of urea groups is 1. The Morgan fingerprint density at radius 1 is 1.17 bits per heavy atom. The lowest BCUT2D eigenvalue weighted by Crippen LogP contribution is -2.37. The molecule has 8 nitrogen and oxygen atoms in total. The van der Waals surface area contributed by atoms with Crippen LogP contribution in [0.2, 0.25) is 0 Å². The fourth-order valence-corrected chi connectivity index (χ4v) is 2.70. The van der Waals surface area contributed by atoms with Crippen molar-refractivity contribution < 1.29 is 28.9 Å². The number of amides is 2.